The van der Waals surface area contributed by atoms with E-state index in [1.807, 2.05) is 88.4 Å². The molecule has 3 aliphatic rings. The molecule has 532 valence electrons. The van der Waals surface area contributed by atoms with Gasteiger partial charge in [-0.2, -0.15) is 0 Å². The molecule has 2 saturated heterocycles. The maximum Gasteiger partial charge on any atom is 0.303 e. The highest BCUT2D eigenvalue weighted by Crippen LogP contribution is 2.42. The van der Waals surface area contributed by atoms with Crippen molar-refractivity contribution in [3.63, 3.8) is 0 Å². The van der Waals surface area contributed by atoms with Crippen LogP contribution in [-0.2, 0) is 111 Å². The van der Waals surface area contributed by atoms with Crippen molar-refractivity contribution in [2.45, 2.75) is 196 Å². The third-order valence-corrected chi connectivity index (χ3v) is 15.7. The van der Waals surface area contributed by atoms with Crippen LogP contribution in [0.2, 0.25) is 0 Å². The van der Waals surface area contributed by atoms with Crippen LogP contribution < -0.4 is 40.2 Å². The molecule has 26 nitrogen and oxygen atoms in total. The van der Waals surface area contributed by atoms with Gasteiger partial charge in [-0.15, -0.1) is 0 Å². The number of carbonyl (C=O) groups is 8. The maximum atomic E-state index is 12.8. The number of rotatable bonds is 26. The first-order chi connectivity index (χ1) is 46.8. The first kappa shape index (κ1) is 76.5. The molecule has 1 aliphatic carbocycles. The van der Waals surface area contributed by atoms with Crippen molar-refractivity contribution in [2.24, 2.45) is 0 Å². The summed E-state index contributed by atoms with van der Waals surface area (Å²) in [5.41, 5.74) is 7.18. The number of hydrogen-bond donors (Lipinski definition) is 4. The highest BCUT2D eigenvalue weighted by atomic mass is 32.1. The van der Waals surface area contributed by atoms with Crippen molar-refractivity contribution in [1.29, 1.82) is 0 Å². The van der Waals surface area contributed by atoms with Gasteiger partial charge in [-0.25, -0.2) is 0 Å². The molecule has 98 heavy (non-hydrogen) atoms. The van der Waals surface area contributed by atoms with Gasteiger partial charge in [-0.3, -0.25) is 38.4 Å². The van der Waals surface area contributed by atoms with Crippen LogP contribution in [0.3, 0.4) is 0 Å². The van der Waals surface area contributed by atoms with E-state index in [0.717, 1.165) is 86.1 Å². The van der Waals surface area contributed by atoms with Crippen LogP contribution in [0.15, 0.2) is 60.7 Å². The predicted molar refractivity (Wildman–Crippen MR) is 363 cm³/mol. The monoisotopic (exact) mass is 1400 g/mol. The van der Waals surface area contributed by atoms with Crippen molar-refractivity contribution in [3.05, 3.63) is 105 Å². The largest absolute Gasteiger partial charge is 0.493 e. The highest BCUT2D eigenvalue weighted by molar-refractivity contribution is 7.80. The van der Waals surface area contributed by atoms with Gasteiger partial charge in [0, 0.05) is 115 Å². The van der Waals surface area contributed by atoms with Crippen molar-refractivity contribution in [3.8, 4) is 23.0 Å². The number of hydrogen-bond acceptors (Lipinski definition) is 24. The van der Waals surface area contributed by atoms with E-state index in [4.69, 9.17) is 90.8 Å². The molecule has 0 saturated carbocycles. The Balaban J connectivity index is 1.37. The number of para-hydroxylation sites is 2. The summed E-state index contributed by atoms with van der Waals surface area (Å²) in [6, 6.07) is 19.5. The molecular weight excluding hydrogens is 1310 g/mol. The zero-order valence-electron chi connectivity index (χ0n) is 57.2. The van der Waals surface area contributed by atoms with E-state index in [1.165, 1.54) is 13.8 Å². The van der Waals surface area contributed by atoms with Crippen LogP contribution in [-0.4, -0.2) is 159 Å². The Labute approximate surface area is 580 Å². The van der Waals surface area contributed by atoms with Crippen LogP contribution in [0.1, 0.15) is 153 Å². The Morgan fingerprint density at radius 3 is 0.888 bits per heavy atom. The van der Waals surface area contributed by atoms with Crippen LogP contribution in [0.25, 0.3) is 0 Å². The molecule has 0 unspecified atom stereocenters. The van der Waals surface area contributed by atoms with Crippen LogP contribution >= 0.6 is 24.4 Å². The number of esters is 8. The lowest BCUT2D eigenvalue weighted by molar-refractivity contribution is -0.254. The molecule has 2 fully saturated rings. The molecule has 2 aliphatic heterocycles. The van der Waals surface area contributed by atoms with Gasteiger partial charge in [0.15, 0.2) is 59.3 Å². The second kappa shape index (κ2) is 36.6. The third-order valence-electron chi connectivity index (χ3n) is 15.2. The lowest BCUT2D eigenvalue weighted by Gasteiger charge is -2.44. The van der Waals surface area contributed by atoms with Crippen molar-refractivity contribution in [1.82, 2.24) is 10.6 Å². The van der Waals surface area contributed by atoms with E-state index in [2.05, 4.69) is 21.3 Å². The molecule has 2 heterocycles. The molecule has 4 aromatic rings. The summed E-state index contributed by atoms with van der Waals surface area (Å²) in [5, 5.41) is 12.7. The molecule has 10 atom stereocenters. The van der Waals surface area contributed by atoms with E-state index < -0.39 is 122 Å². The number of benzene rings is 4. The minimum Gasteiger partial charge on any atom is -0.493 e. The van der Waals surface area contributed by atoms with Gasteiger partial charge in [0.05, 0.1) is 26.4 Å². The van der Waals surface area contributed by atoms with Gasteiger partial charge in [-0.1, -0.05) is 64.1 Å². The summed E-state index contributed by atoms with van der Waals surface area (Å²) < 4.78 is 84.7. The predicted octanol–water partition coefficient (Wildman–Crippen LogP) is 8.26. The Morgan fingerprint density at radius 2 is 0.633 bits per heavy atom. The number of thiocarbonyl (C=S) groups is 2. The van der Waals surface area contributed by atoms with Crippen molar-refractivity contribution in [2.75, 3.05) is 50.3 Å². The summed E-state index contributed by atoms with van der Waals surface area (Å²) in [6.45, 7) is 17.8. The van der Waals surface area contributed by atoms with E-state index in [0.29, 0.717) is 86.5 Å². The summed E-state index contributed by atoms with van der Waals surface area (Å²) in [5.74, 6) is -3.59. The summed E-state index contributed by atoms with van der Waals surface area (Å²) >= 11 is 12.1. The van der Waals surface area contributed by atoms with Gasteiger partial charge in [0.2, 0.25) is 0 Å². The van der Waals surface area contributed by atoms with E-state index in [1.54, 1.807) is 0 Å². The normalized spacial score (nSPS) is 20.8. The molecule has 0 radical (unpaired) electrons. The molecule has 0 aromatic heterocycles. The number of fused-ring (bicyclic) bond motifs is 8. The molecule has 0 spiro atoms. The first-order valence-electron chi connectivity index (χ1n) is 32.6. The number of ether oxygens (including phenoxy) is 14. The van der Waals surface area contributed by atoms with E-state index >= 15 is 0 Å². The van der Waals surface area contributed by atoms with Crippen molar-refractivity contribution < 1.29 is 105 Å². The lowest BCUT2D eigenvalue weighted by atomic mass is 9.90. The Morgan fingerprint density at radius 1 is 0.378 bits per heavy atom. The first-order valence-corrected chi connectivity index (χ1v) is 33.4. The summed E-state index contributed by atoms with van der Waals surface area (Å²) in [4.78, 5) is 100. The fraction of sp³-hybridized carbons (Fsp3) is 0.514. The number of carbonyl (C=O) groups excluding carboxylic acids is 8. The molecule has 7 rings (SSSR count). The Bertz CT molecular complexity index is 3230. The molecule has 8 bridgehead atoms. The maximum absolute atomic E-state index is 12.8. The van der Waals surface area contributed by atoms with Crippen LogP contribution in [0.5, 0.6) is 23.0 Å². The van der Waals surface area contributed by atoms with Gasteiger partial charge in [0.25, 0.3) is 0 Å². The van der Waals surface area contributed by atoms with Gasteiger partial charge in [-0.05, 0) is 96.6 Å². The third kappa shape index (κ3) is 21.6. The van der Waals surface area contributed by atoms with Crippen molar-refractivity contribution >= 4 is 93.8 Å². The average molecular weight is 1400 g/mol. The minimum atomic E-state index is -1.46. The standard InChI is InChI=1S/C70H88N4O22S2/c1-13-23-83-57-45-19-17-20-46(57)28-50-32-54(72-70(98)74-68-66(94-44(12)82)64(92-42(10)80)62(90-40(8)78)56(96-68)36-88-38(6)76)34-52(60(50)86-26-16-4)30-48-22-18-21-47(58(48)84-24-14-2)29-51-33-53(31-49(27-45)59(51)85-25-15-3)71-69(97)73-67-65(93-43(11)81)63(91-41(9)79)61(89-39(7)77)55(95-67)35-87-37(5)75/h17-22,31-34,55-56,61-68H,13-16,23-30,35-36H2,1-12H3,(H2,71,73,97)(H2,72,74,98)/t55-,56-,61+,62+,63+,64+,65-,66-,67-,68-/m1/s1. The molecule has 4 N–H and O–H groups in total. The second-order valence-electron chi connectivity index (χ2n) is 23.6. The fourth-order valence-electron chi connectivity index (χ4n) is 11.7. The van der Waals surface area contributed by atoms with E-state index in [9.17, 15) is 38.4 Å². The van der Waals surface area contributed by atoms with Crippen LogP contribution in [0, 0.1) is 0 Å². The fourth-order valence-corrected chi connectivity index (χ4v) is 12.1. The second-order valence-corrected chi connectivity index (χ2v) is 24.4. The average Bonchev–Trinajstić information content (AvgIpc) is 0.796. The zero-order valence-corrected chi connectivity index (χ0v) is 58.9. The molecule has 4 aromatic carbocycles. The zero-order chi connectivity index (χ0) is 71.3. The molecule has 0 amide bonds. The van der Waals surface area contributed by atoms with Crippen LogP contribution in [0.4, 0.5) is 11.4 Å². The lowest BCUT2D eigenvalue weighted by Crippen LogP contribution is -2.66. The molecular formula is C70H88N4O22S2. The minimum absolute atomic E-state index is 0.0385. The Hall–Kier alpha value is -8.86. The summed E-state index contributed by atoms with van der Waals surface area (Å²) in [6.07, 6.45) is -10.1. The smallest absolute Gasteiger partial charge is 0.303 e. The number of anilines is 2. The number of nitrogens with one attached hydrogen (secondary N) is 4. The SMILES string of the molecule is CCCOc1c2cccc1Cc1cc(NC(=S)N[C@@H]3O[C@H](COC(C)=O)[C@H](OC(C)=O)[C@H](OC(C)=O)[C@H]3OC(C)=O)cc(c1OCCC)Cc1cccc(c1OCCC)Cc1cc(NC(=S)N[C@@H]3O[C@H](COC(C)=O)[C@H](OC(C)=O)[C@H](OC(C)=O)[C@H]3OC(C)=O)cc(c1OCCC)C2. The highest BCUT2D eigenvalue weighted by Gasteiger charge is 2.54. The molecule has 28 heteroatoms. The quantitative estimate of drug-likeness (QED) is 0.0230. The van der Waals surface area contributed by atoms with Gasteiger partial charge < -0.3 is 87.6 Å². The van der Waals surface area contributed by atoms with Gasteiger partial charge in [0.1, 0.15) is 48.4 Å². The van der Waals surface area contributed by atoms with E-state index in [-0.39, 0.29) is 35.9 Å². The Kier molecular flexibility index (Phi) is 28.6. The summed E-state index contributed by atoms with van der Waals surface area (Å²) in [7, 11) is 0. The topological polar surface area (TPSA) is 314 Å². The van der Waals surface area contributed by atoms with Gasteiger partial charge >= 0.3 is 47.8 Å².